The van der Waals surface area contributed by atoms with E-state index in [1.807, 2.05) is 6.92 Å². The highest BCUT2D eigenvalue weighted by molar-refractivity contribution is 5.72. The number of rotatable bonds is 39. The van der Waals surface area contributed by atoms with Gasteiger partial charge in [-0.15, -0.1) is 0 Å². The molecule has 2 heteroatoms. The maximum absolute atomic E-state index is 12.6. The van der Waals surface area contributed by atoms with Crippen molar-refractivity contribution in [1.82, 2.24) is 0 Å². The third-order valence-corrected chi connectivity index (χ3v) is 11.0. The van der Waals surface area contributed by atoms with Gasteiger partial charge in [-0.1, -0.05) is 208 Å². The van der Waals surface area contributed by atoms with Crippen LogP contribution in [-0.4, -0.2) is 5.97 Å². The van der Waals surface area contributed by atoms with Crippen LogP contribution in [0.25, 0.3) is 0 Å². The van der Waals surface area contributed by atoms with E-state index in [0.29, 0.717) is 5.92 Å². The van der Waals surface area contributed by atoms with Gasteiger partial charge in [-0.05, 0) is 81.6 Å². The predicted molar refractivity (Wildman–Crippen MR) is 225 cm³/mol. The Hall–Kier alpha value is -1.05. The summed E-state index contributed by atoms with van der Waals surface area (Å²) in [4.78, 5) is 12.6. The van der Waals surface area contributed by atoms with Gasteiger partial charge in [0.2, 0.25) is 0 Å². The minimum atomic E-state index is -0.0595. The lowest BCUT2D eigenvalue weighted by Crippen LogP contribution is -2.17. The van der Waals surface area contributed by atoms with Crippen molar-refractivity contribution in [3.8, 4) is 0 Å². The van der Waals surface area contributed by atoms with Crippen LogP contribution < -0.4 is 0 Å². The zero-order valence-corrected chi connectivity index (χ0v) is 35.3. The van der Waals surface area contributed by atoms with Gasteiger partial charge in [0.1, 0.15) is 0 Å². The van der Waals surface area contributed by atoms with Crippen LogP contribution >= 0.6 is 0 Å². The topological polar surface area (TPSA) is 26.3 Å². The molecule has 0 aliphatic heterocycles. The first-order valence-electron chi connectivity index (χ1n) is 22.9. The van der Waals surface area contributed by atoms with Crippen LogP contribution in [0.5, 0.6) is 0 Å². The van der Waals surface area contributed by atoms with Crippen LogP contribution in [0.15, 0.2) is 24.5 Å². The van der Waals surface area contributed by atoms with Crippen molar-refractivity contribution in [3.05, 3.63) is 24.5 Å². The van der Waals surface area contributed by atoms with Gasteiger partial charge in [-0.3, -0.25) is 4.79 Å². The second kappa shape index (κ2) is 39.2. The van der Waals surface area contributed by atoms with Gasteiger partial charge in [0.05, 0.1) is 12.2 Å². The summed E-state index contributed by atoms with van der Waals surface area (Å²) in [5.41, 5.74) is 0. The van der Waals surface area contributed by atoms with Crippen molar-refractivity contribution in [2.45, 2.75) is 253 Å². The first-order valence-corrected chi connectivity index (χ1v) is 22.9. The van der Waals surface area contributed by atoms with E-state index < -0.39 is 0 Å². The Balaban J connectivity index is 3.66. The number of esters is 1. The lowest BCUT2D eigenvalue weighted by Gasteiger charge is -2.22. The van der Waals surface area contributed by atoms with E-state index in [0.717, 1.165) is 24.7 Å². The van der Waals surface area contributed by atoms with Crippen LogP contribution in [0.2, 0.25) is 0 Å². The minimum absolute atomic E-state index is 0.0257. The molecule has 4 atom stereocenters. The molecule has 0 N–H and O–H groups in total. The number of ether oxygens (including phenoxy) is 1. The molecule has 0 saturated carbocycles. The molecular weight excluding hydrogens is 609 g/mol. The molecule has 50 heavy (non-hydrogen) atoms. The van der Waals surface area contributed by atoms with Gasteiger partial charge < -0.3 is 4.74 Å². The summed E-state index contributed by atoms with van der Waals surface area (Å²) in [6.45, 7) is 13.8. The Bertz CT molecular complexity index is 738. The summed E-state index contributed by atoms with van der Waals surface area (Å²) in [5.74, 6) is 2.01. The van der Waals surface area contributed by atoms with Crippen molar-refractivity contribution in [2.75, 3.05) is 0 Å². The maximum atomic E-state index is 12.6. The van der Waals surface area contributed by atoms with Crippen LogP contribution in [0.1, 0.15) is 253 Å². The molecule has 0 bridgehead atoms. The van der Waals surface area contributed by atoms with E-state index in [-0.39, 0.29) is 11.9 Å². The Labute approximate surface area is 316 Å². The Morgan fingerprint density at radius 3 is 1.22 bits per heavy atom. The predicted octanol–water partition coefficient (Wildman–Crippen LogP) is 17.1. The van der Waals surface area contributed by atoms with Crippen molar-refractivity contribution >= 4 is 5.97 Å². The number of hydrogen-bond acceptors (Lipinski definition) is 2. The SMILES string of the molecule is CCCCCCC=CCCCCCCCCCCC(C)CC(C)CC(C)CC(C)C(=O)OC=CCCCCCCCCCCCCCCCC. The van der Waals surface area contributed by atoms with E-state index in [1.165, 1.54) is 199 Å². The second-order valence-electron chi connectivity index (χ2n) is 16.8. The molecule has 2 nitrogen and oxygen atoms in total. The monoisotopic (exact) mass is 701 g/mol. The largest absolute Gasteiger partial charge is 0.435 e. The van der Waals surface area contributed by atoms with Crippen LogP contribution in [0, 0.1) is 23.7 Å². The number of allylic oxidation sites excluding steroid dienone is 3. The molecule has 0 spiro atoms. The lowest BCUT2D eigenvalue weighted by molar-refractivity contribution is -0.142. The zero-order valence-electron chi connectivity index (χ0n) is 35.3. The molecule has 0 aliphatic rings. The van der Waals surface area contributed by atoms with E-state index in [4.69, 9.17) is 4.74 Å². The highest BCUT2D eigenvalue weighted by Crippen LogP contribution is 2.27. The quantitative estimate of drug-likeness (QED) is 0.0276. The van der Waals surface area contributed by atoms with Gasteiger partial charge in [-0.25, -0.2) is 0 Å². The Morgan fingerprint density at radius 1 is 0.420 bits per heavy atom. The first kappa shape index (κ1) is 49.0. The maximum Gasteiger partial charge on any atom is 0.313 e. The molecule has 0 amide bonds. The van der Waals surface area contributed by atoms with E-state index in [2.05, 4.69) is 52.8 Å². The standard InChI is InChI=1S/C48H92O2/c1-7-9-11-13-15-17-19-21-23-25-27-29-31-33-35-37-39-44(3)41-45(4)42-46(5)43-47(6)48(49)50-40-38-36-34-32-30-28-26-24-22-20-18-16-14-12-10-8-2/h17,19,38,40,44-47H,7-16,18,20-37,39,41-43H2,1-6H3. The molecule has 0 radical (unpaired) electrons. The summed E-state index contributed by atoms with van der Waals surface area (Å²) in [6.07, 6.45) is 53.1. The van der Waals surface area contributed by atoms with Gasteiger partial charge >= 0.3 is 5.97 Å². The normalized spacial score (nSPS) is 14.4. The highest BCUT2D eigenvalue weighted by atomic mass is 16.5. The minimum Gasteiger partial charge on any atom is -0.435 e. The third-order valence-electron chi connectivity index (χ3n) is 11.0. The van der Waals surface area contributed by atoms with Crippen LogP contribution in [-0.2, 0) is 9.53 Å². The van der Waals surface area contributed by atoms with Crippen molar-refractivity contribution < 1.29 is 9.53 Å². The van der Waals surface area contributed by atoms with Gasteiger partial charge in [0.15, 0.2) is 0 Å². The summed E-state index contributed by atoms with van der Waals surface area (Å²) >= 11 is 0. The van der Waals surface area contributed by atoms with E-state index in [9.17, 15) is 4.79 Å². The van der Waals surface area contributed by atoms with E-state index >= 15 is 0 Å². The molecular formula is C48H92O2. The number of hydrogen-bond donors (Lipinski definition) is 0. The van der Waals surface area contributed by atoms with Crippen LogP contribution in [0.3, 0.4) is 0 Å². The molecule has 0 aromatic carbocycles. The summed E-state index contributed by atoms with van der Waals surface area (Å²) in [5, 5.41) is 0. The molecule has 0 aromatic heterocycles. The average Bonchev–Trinajstić information content (AvgIpc) is 3.09. The number of carbonyl (C=O) groups is 1. The Morgan fingerprint density at radius 2 is 0.760 bits per heavy atom. The summed E-state index contributed by atoms with van der Waals surface area (Å²) < 4.78 is 5.49. The molecule has 0 aromatic rings. The zero-order chi connectivity index (χ0) is 36.8. The van der Waals surface area contributed by atoms with Crippen LogP contribution in [0.4, 0.5) is 0 Å². The van der Waals surface area contributed by atoms with Gasteiger partial charge in [0, 0.05) is 0 Å². The summed E-state index contributed by atoms with van der Waals surface area (Å²) in [6, 6.07) is 0. The second-order valence-corrected chi connectivity index (χ2v) is 16.8. The fraction of sp³-hybridized carbons (Fsp3) is 0.896. The van der Waals surface area contributed by atoms with Crippen molar-refractivity contribution in [3.63, 3.8) is 0 Å². The van der Waals surface area contributed by atoms with E-state index in [1.54, 1.807) is 6.26 Å². The fourth-order valence-electron chi connectivity index (χ4n) is 7.88. The first-order chi connectivity index (χ1) is 24.4. The summed E-state index contributed by atoms with van der Waals surface area (Å²) in [7, 11) is 0. The average molecular weight is 701 g/mol. The lowest BCUT2D eigenvalue weighted by atomic mass is 9.84. The third kappa shape index (κ3) is 36.7. The Kier molecular flexibility index (Phi) is 38.3. The van der Waals surface area contributed by atoms with Crippen molar-refractivity contribution in [1.29, 1.82) is 0 Å². The van der Waals surface area contributed by atoms with Gasteiger partial charge in [0.25, 0.3) is 0 Å². The molecule has 0 heterocycles. The molecule has 0 saturated heterocycles. The molecule has 4 unspecified atom stereocenters. The molecule has 0 aliphatic carbocycles. The number of carbonyl (C=O) groups excluding carboxylic acids is 1. The highest BCUT2D eigenvalue weighted by Gasteiger charge is 2.19. The van der Waals surface area contributed by atoms with Gasteiger partial charge in [-0.2, -0.15) is 0 Å². The molecule has 296 valence electrons. The molecule has 0 fully saturated rings. The fourth-order valence-corrected chi connectivity index (χ4v) is 7.88. The smallest absolute Gasteiger partial charge is 0.313 e. The number of unbranched alkanes of at least 4 members (excludes halogenated alkanes) is 26. The van der Waals surface area contributed by atoms with Crippen molar-refractivity contribution in [2.24, 2.45) is 23.7 Å². The molecule has 0 rings (SSSR count).